The van der Waals surface area contributed by atoms with Gasteiger partial charge in [-0.15, -0.1) is 5.10 Å². The molecule has 0 radical (unpaired) electrons. The second kappa shape index (κ2) is 2.98. The summed E-state index contributed by atoms with van der Waals surface area (Å²) >= 11 is 1.30. The van der Waals surface area contributed by atoms with E-state index in [9.17, 15) is 0 Å². The summed E-state index contributed by atoms with van der Waals surface area (Å²) in [7, 11) is 0. The molecule has 0 aromatic carbocycles. The lowest BCUT2D eigenvalue weighted by atomic mass is 10.4. The summed E-state index contributed by atoms with van der Waals surface area (Å²) in [6.45, 7) is 2.02. The molecule has 2 heterocycles. The van der Waals surface area contributed by atoms with Crippen molar-refractivity contribution in [2.75, 3.05) is 0 Å². The summed E-state index contributed by atoms with van der Waals surface area (Å²) in [5.74, 6) is 1.50. The summed E-state index contributed by atoms with van der Waals surface area (Å²) < 4.78 is 3.73. The maximum absolute atomic E-state index is 4.21. The minimum absolute atomic E-state index is 0.626. The molecule has 6 heteroatoms. The third kappa shape index (κ3) is 1.20. The Morgan fingerprint density at radius 3 is 3.08 bits per heavy atom. The lowest BCUT2D eigenvalue weighted by Crippen LogP contribution is -1.82. The zero-order valence-electron chi connectivity index (χ0n) is 6.48. The third-order valence-corrected chi connectivity index (χ3v) is 1.96. The molecule has 62 valence electrons. The van der Waals surface area contributed by atoms with Crippen molar-refractivity contribution >= 4 is 11.5 Å². The number of aryl methyl sites for hydroxylation is 1. The number of hydrogen-bond acceptors (Lipinski definition) is 5. The standard InChI is InChI=1S/C6H7N5S/c1-2-5-7-6(10-9-5)4-3-12-11-8-4/h3H,2H2,1H3,(H,7,9,10). The Morgan fingerprint density at radius 2 is 2.50 bits per heavy atom. The second-order valence-electron chi connectivity index (χ2n) is 2.25. The van der Waals surface area contributed by atoms with Gasteiger partial charge in [0.15, 0.2) is 0 Å². The molecule has 0 amide bonds. The average molecular weight is 181 g/mol. The molecule has 12 heavy (non-hydrogen) atoms. The molecule has 1 N–H and O–H groups in total. The van der Waals surface area contributed by atoms with E-state index < -0.39 is 0 Å². The number of nitrogens with zero attached hydrogens (tertiary/aromatic N) is 4. The zero-order chi connectivity index (χ0) is 8.39. The molecule has 2 rings (SSSR count). The van der Waals surface area contributed by atoms with Crippen LogP contribution in [0.25, 0.3) is 11.5 Å². The topological polar surface area (TPSA) is 67.3 Å². The van der Waals surface area contributed by atoms with Crippen molar-refractivity contribution in [3.63, 3.8) is 0 Å². The van der Waals surface area contributed by atoms with Crippen molar-refractivity contribution in [3.8, 4) is 11.5 Å². The predicted octanol–water partition coefficient (Wildman–Crippen LogP) is 0.886. The largest absolute Gasteiger partial charge is 0.263 e. The molecule has 0 fully saturated rings. The minimum Gasteiger partial charge on any atom is -0.263 e. The number of aromatic nitrogens is 5. The summed E-state index contributed by atoms with van der Waals surface area (Å²) in [5.41, 5.74) is 0.732. The summed E-state index contributed by atoms with van der Waals surface area (Å²) in [6.07, 6.45) is 0.852. The van der Waals surface area contributed by atoms with Gasteiger partial charge in [-0.1, -0.05) is 11.4 Å². The Balaban J connectivity index is 2.35. The van der Waals surface area contributed by atoms with Crippen LogP contribution in [0, 0.1) is 0 Å². The van der Waals surface area contributed by atoms with Gasteiger partial charge in [-0.3, -0.25) is 5.10 Å². The van der Waals surface area contributed by atoms with Gasteiger partial charge in [0.25, 0.3) is 0 Å². The molecule has 0 bridgehead atoms. The van der Waals surface area contributed by atoms with Gasteiger partial charge >= 0.3 is 0 Å². The van der Waals surface area contributed by atoms with Crippen molar-refractivity contribution in [2.24, 2.45) is 0 Å². The van der Waals surface area contributed by atoms with Crippen molar-refractivity contribution in [1.29, 1.82) is 0 Å². The van der Waals surface area contributed by atoms with Crippen LogP contribution in [0.1, 0.15) is 12.7 Å². The maximum Gasteiger partial charge on any atom is 0.202 e. The summed E-state index contributed by atoms with van der Waals surface area (Å²) in [6, 6.07) is 0. The number of hydrogen-bond donors (Lipinski definition) is 1. The SMILES string of the molecule is CCc1nc(-c2csnn2)n[nH]1. The van der Waals surface area contributed by atoms with Gasteiger partial charge < -0.3 is 0 Å². The Bertz CT molecular complexity index is 352. The molecular weight excluding hydrogens is 174 g/mol. The Morgan fingerprint density at radius 1 is 1.58 bits per heavy atom. The quantitative estimate of drug-likeness (QED) is 0.747. The monoisotopic (exact) mass is 181 g/mol. The Kier molecular flexibility index (Phi) is 1.83. The van der Waals surface area contributed by atoms with Crippen molar-refractivity contribution in [3.05, 3.63) is 11.2 Å². The number of aromatic amines is 1. The van der Waals surface area contributed by atoms with Crippen LogP contribution in [0.15, 0.2) is 5.38 Å². The highest BCUT2D eigenvalue weighted by Crippen LogP contribution is 2.11. The molecule has 0 atom stereocenters. The molecular formula is C6H7N5S. The third-order valence-electron chi connectivity index (χ3n) is 1.46. The van der Waals surface area contributed by atoms with Crippen LogP contribution in [-0.2, 0) is 6.42 Å². The van der Waals surface area contributed by atoms with Crippen LogP contribution < -0.4 is 0 Å². The van der Waals surface area contributed by atoms with E-state index in [0.29, 0.717) is 5.82 Å². The fourth-order valence-electron chi connectivity index (χ4n) is 0.830. The van der Waals surface area contributed by atoms with Crippen LogP contribution in [0.3, 0.4) is 0 Å². The minimum atomic E-state index is 0.626. The predicted molar refractivity (Wildman–Crippen MR) is 44.7 cm³/mol. The Hall–Kier alpha value is -1.30. The number of rotatable bonds is 2. The lowest BCUT2D eigenvalue weighted by molar-refractivity contribution is 0.946. The lowest BCUT2D eigenvalue weighted by Gasteiger charge is -1.81. The van der Waals surface area contributed by atoms with E-state index in [1.54, 1.807) is 0 Å². The molecule has 0 aliphatic rings. The normalized spacial score (nSPS) is 10.4. The molecule has 0 saturated heterocycles. The van der Waals surface area contributed by atoms with E-state index in [1.807, 2.05) is 12.3 Å². The van der Waals surface area contributed by atoms with Crippen LogP contribution in [0.5, 0.6) is 0 Å². The molecule has 0 aliphatic carbocycles. The van der Waals surface area contributed by atoms with Gasteiger partial charge in [0, 0.05) is 11.8 Å². The van der Waals surface area contributed by atoms with Crippen LogP contribution in [-0.4, -0.2) is 24.8 Å². The highest BCUT2D eigenvalue weighted by Gasteiger charge is 2.06. The van der Waals surface area contributed by atoms with E-state index in [0.717, 1.165) is 17.9 Å². The van der Waals surface area contributed by atoms with Gasteiger partial charge in [0.05, 0.1) is 0 Å². The van der Waals surface area contributed by atoms with E-state index in [-0.39, 0.29) is 0 Å². The first kappa shape index (κ1) is 7.35. The van der Waals surface area contributed by atoms with Crippen LogP contribution in [0.2, 0.25) is 0 Å². The van der Waals surface area contributed by atoms with Gasteiger partial charge in [0.2, 0.25) is 5.82 Å². The zero-order valence-corrected chi connectivity index (χ0v) is 7.30. The molecule has 0 spiro atoms. The molecule has 0 aliphatic heterocycles. The Labute approximate surface area is 73.0 Å². The summed E-state index contributed by atoms with van der Waals surface area (Å²) in [4.78, 5) is 4.21. The van der Waals surface area contributed by atoms with Gasteiger partial charge in [-0.25, -0.2) is 4.98 Å². The second-order valence-corrected chi connectivity index (χ2v) is 2.86. The summed E-state index contributed by atoms with van der Waals surface area (Å²) in [5, 5.41) is 12.5. The smallest absolute Gasteiger partial charge is 0.202 e. The molecule has 2 aromatic rings. The van der Waals surface area contributed by atoms with Gasteiger partial charge in [-0.05, 0) is 11.5 Å². The fraction of sp³-hybridized carbons (Fsp3) is 0.333. The van der Waals surface area contributed by atoms with Gasteiger partial charge in [-0.2, -0.15) is 5.10 Å². The first-order chi connectivity index (χ1) is 5.90. The fourth-order valence-corrected chi connectivity index (χ4v) is 1.26. The molecule has 0 saturated carbocycles. The van der Waals surface area contributed by atoms with E-state index >= 15 is 0 Å². The first-order valence-electron chi connectivity index (χ1n) is 3.59. The van der Waals surface area contributed by atoms with Crippen molar-refractivity contribution < 1.29 is 0 Å². The maximum atomic E-state index is 4.21. The van der Waals surface area contributed by atoms with Crippen molar-refractivity contribution in [1.82, 2.24) is 24.8 Å². The highest BCUT2D eigenvalue weighted by atomic mass is 32.1. The van der Waals surface area contributed by atoms with Crippen molar-refractivity contribution in [2.45, 2.75) is 13.3 Å². The molecule has 5 nitrogen and oxygen atoms in total. The van der Waals surface area contributed by atoms with E-state index in [1.165, 1.54) is 11.5 Å². The van der Waals surface area contributed by atoms with E-state index in [4.69, 9.17) is 0 Å². The highest BCUT2D eigenvalue weighted by molar-refractivity contribution is 7.03. The molecule has 0 unspecified atom stereocenters. The van der Waals surface area contributed by atoms with Crippen LogP contribution >= 0.6 is 11.5 Å². The molecule has 2 aromatic heterocycles. The van der Waals surface area contributed by atoms with Gasteiger partial charge in [0.1, 0.15) is 11.5 Å². The number of nitrogens with one attached hydrogen (secondary N) is 1. The first-order valence-corrected chi connectivity index (χ1v) is 4.42. The van der Waals surface area contributed by atoms with E-state index in [2.05, 4.69) is 24.8 Å². The van der Waals surface area contributed by atoms with Crippen LogP contribution in [0.4, 0.5) is 0 Å². The average Bonchev–Trinajstić information content (AvgIpc) is 2.75. The number of H-pyrrole nitrogens is 1.